The third-order valence-electron chi connectivity index (χ3n) is 8.50. The Hall–Kier alpha value is -3.90. The molecular weight excluding hydrogens is 521 g/mol. The molecule has 0 aliphatic carbocycles. The first-order valence-electron chi connectivity index (χ1n) is 14.1. The van der Waals surface area contributed by atoms with Gasteiger partial charge in [0.15, 0.2) is 0 Å². The van der Waals surface area contributed by atoms with Gasteiger partial charge in [0.2, 0.25) is 0 Å². The highest BCUT2D eigenvalue weighted by atomic mass is 32.1. The van der Waals surface area contributed by atoms with Crippen LogP contribution < -0.4 is 10.4 Å². The van der Waals surface area contributed by atoms with Crippen molar-refractivity contribution >= 4 is 61.2 Å². The molecule has 7 rings (SSSR count). The summed E-state index contributed by atoms with van der Waals surface area (Å²) in [5.74, 6) is 0. The molecule has 0 bridgehead atoms. The smallest absolute Gasteiger partial charge is 0.399 e. The average Bonchev–Trinajstić information content (AvgIpc) is 3.46. The van der Waals surface area contributed by atoms with E-state index in [1.807, 2.05) is 11.3 Å². The maximum absolute atomic E-state index is 6.33. The van der Waals surface area contributed by atoms with E-state index in [9.17, 15) is 0 Å². The lowest BCUT2D eigenvalue weighted by Crippen LogP contribution is -2.41. The molecule has 0 atom stereocenters. The van der Waals surface area contributed by atoms with Crippen molar-refractivity contribution in [3.63, 3.8) is 0 Å². The number of thiophene rings is 1. The van der Waals surface area contributed by atoms with Crippen LogP contribution in [0.15, 0.2) is 121 Å². The van der Waals surface area contributed by atoms with Crippen LogP contribution in [0.5, 0.6) is 0 Å². The van der Waals surface area contributed by atoms with Gasteiger partial charge in [0.25, 0.3) is 0 Å². The molecule has 2 heterocycles. The Morgan fingerprint density at radius 3 is 1.76 bits per heavy atom. The molecule has 0 amide bonds. The molecule has 41 heavy (non-hydrogen) atoms. The van der Waals surface area contributed by atoms with E-state index in [0.29, 0.717) is 0 Å². The second kappa shape index (κ2) is 9.88. The number of anilines is 3. The first-order chi connectivity index (χ1) is 19.8. The van der Waals surface area contributed by atoms with Crippen LogP contribution in [0, 0.1) is 0 Å². The topological polar surface area (TPSA) is 21.7 Å². The Kier molecular flexibility index (Phi) is 6.27. The largest absolute Gasteiger partial charge is 0.494 e. The van der Waals surface area contributed by atoms with Gasteiger partial charge in [0.1, 0.15) is 0 Å². The van der Waals surface area contributed by atoms with Crippen molar-refractivity contribution in [3.05, 3.63) is 121 Å². The van der Waals surface area contributed by atoms with Gasteiger partial charge in [-0.05, 0) is 81.2 Å². The van der Waals surface area contributed by atoms with E-state index in [0.717, 1.165) is 22.5 Å². The van der Waals surface area contributed by atoms with Crippen LogP contribution in [0.1, 0.15) is 27.7 Å². The van der Waals surface area contributed by atoms with Gasteiger partial charge < -0.3 is 14.2 Å². The Morgan fingerprint density at radius 2 is 1.15 bits per heavy atom. The first kappa shape index (κ1) is 26.0. The van der Waals surface area contributed by atoms with E-state index in [1.54, 1.807) is 0 Å². The normalized spacial score (nSPS) is 16.0. The van der Waals surface area contributed by atoms with Gasteiger partial charge in [0, 0.05) is 42.8 Å². The van der Waals surface area contributed by atoms with Crippen molar-refractivity contribution in [1.29, 1.82) is 0 Å². The second-order valence-corrected chi connectivity index (χ2v) is 12.7. The van der Waals surface area contributed by atoms with E-state index in [-0.39, 0.29) is 18.3 Å². The van der Waals surface area contributed by atoms with Crippen molar-refractivity contribution in [2.24, 2.45) is 0 Å². The molecule has 202 valence electrons. The monoisotopic (exact) mass is 553 g/mol. The molecule has 5 aromatic carbocycles. The number of rotatable bonds is 5. The van der Waals surface area contributed by atoms with Crippen LogP contribution in [0.4, 0.5) is 17.1 Å². The quantitative estimate of drug-likeness (QED) is 0.199. The predicted molar refractivity (Wildman–Crippen MR) is 175 cm³/mol. The van der Waals surface area contributed by atoms with Crippen molar-refractivity contribution in [3.8, 4) is 11.1 Å². The molecule has 3 nitrogen and oxygen atoms in total. The van der Waals surface area contributed by atoms with Crippen molar-refractivity contribution in [2.75, 3.05) is 4.90 Å². The highest BCUT2D eigenvalue weighted by Crippen LogP contribution is 2.45. The molecule has 1 aliphatic heterocycles. The zero-order chi connectivity index (χ0) is 28.2. The lowest BCUT2D eigenvalue weighted by Gasteiger charge is -2.32. The summed E-state index contributed by atoms with van der Waals surface area (Å²) in [6.07, 6.45) is 0. The number of benzene rings is 5. The Labute approximate surface area is 246 Å². The van der Waals surface area contributed by atoms with Gasteiger partial charge in [-0.1, -0.05) is 78.9 Å². The number of hydrogen-bond acceptors (Lipinski definition) is 4. The highest BCUT2D eigenvalue weighted by Gasteiger charge is 2.51. The fraction of sp³-hybridized carbons (Fsp3) is 0.167. The number of fused-ring (bicyclic) bond motifs is 3. The molecule has 0 saturated carbocycles. The summed E-state index contributed by atoms with van der Waals surface area (Å²) in [5, 5.41) is 2.55. The second-order valence-electron chi connectivity index (χ2n) is 11.7. The predicted octanol–water partition coefficient (Wildman–Crippen LogP) is 9.49. The van der Waals surface area contributed by atoms with Gasteiger partial charge >= 0.3 is 7.12 Å². The zero-order valence-electron chi connectivity index (χ0n) is 23.8. The molecule has 5 heteroatoms. The summed E-state index contributed by atoms with van der Waals surface area (Å²) in [6, 6.07) is 43.3. The molecule has 0 spiro atoms. The van der Waals surface area contributed by atoms with Crippen LogP contribution in [-0.4, -0.2) is 18.3 Å². The Bertz CT molecular complexity index is 1790. The minimum absolute atomic E-state index is 0.369. The number of para-hydroxylation sites is 2. The summed E-state index contributed by atoms with van der Waals surface area (Å²) in [5.41, 5.74) is 6.06. The van der Waals surface area contributed by atoms with Gasteiger partial charge in [-0.2, -0.15) is 0 Å². The maximum atomic E-state index is 6.33. The fourth-order valence-corrected chi connectivity index (χ4v) is 6.78. The van der Waals surface area contributed by atoms with E-state index >= 15 is 0 Å². The third-order valence-corrected chi connectivity index (χ3v) is 9.72. The van der Waals surface area contributed by atoms with Crippen LogP contribution in [0.2, 0.25) is 0 Å². The molecule has 0 radical (unpaired) electrons. The van der Waals surface area contributed by atoms with E-state index in [2.05, 4.69) is 154 Å². The molecule has 1 aromatic heterocycles. The summed E-state index contributed by atoms with van der Waals surface area (Å²) in [6.45, 7) is 8.37. The standard InChI is InChI=1S/C36H32BNO2S/c1-35(2)36(3,4)40-37(39-35)26-21-19-25(20-22-26)31-23-29(24-32-30-17-11-12-18-33(30)41-34(31)32)38(27-13-7-5-8-14-27)28-15-9-6-10-16-28/h5-24H,1-4H3. The minimum Gasteiger partial charge on any atom is -0.399 e. The maximum Gasteiger partial charge on any atom is 0.494 e. The average molecular weight is 554 g/mol. The van der Waals surface area contributed by atoms with Crippen LogP contribution in [-0.2, 0) is 9.31 Å². The van der Waals surface area contributed by atoms with Crippen molar-refractivity contribution in [1.82, 2.24) is 0 Å². The van der Waals surface area contributed by atoms with E-state index in [4.69, 9.17) is 9.31 Å². The molecule has 0 N–H and O–H groups in total. The summed E-state index contributed by atoms with van der Waals surface area (Å²) in [7, 11) is -0.378. The first-order valence-corrected chi connectivity index (χ1v) is 14.9. The van der Waals surface area contributed by atoms with Gasteiger partial charge in [-0.15, -0.1) is 11.3 Å². The van der Waals surface area contributed by atoms with Crippen molar-refractivity contribution < 1.29 is 9.31 Å². The Morgan fingerprint density at radius 1 is 0.585 bits per heavy atom. The van der Waals surface area contributed by atoms with Crippen molar-refractivity contribution in [2.45, 2.75) is 38.9 Å². The molecule has 0 unspecified atom stereocenters. The SMILES string of the molecule is CC1(C)OB(c2ccc(-c3cc(N(c4ccccc4)c4ccccc4)cc4c3sc3ccccc34)cc2)OC1(C)C. The van der Waals surface area contributed by atoms with Gasteiger partial charge in [0.05, 0.1) is 11.2 Å². The lowest BCUT2D eigenvalue weighted by molar-refractivity contribution is 0.00578. The summed E-state index contributed by atoms with van der Waals surface area (Å²) in [4.78, 5) is 2.34. The van der Waals surface area contributed by atoms with Crippen LogP contribution >= 0.6 is 11.3 Å². The Balaban J connectivity index is 1.40. The zero-order valence-corrected chi connectivity index (χ0v) is 24.6. The molecule has 1 aliphatic rings. The number of nitrogens with zero attached hydrogens (tertiary/aromatic N) is 1. The third kappa shape index (κ3) is 4.55. The minimum atomic E-state index is -0.378. The highest BCUT2D eigenvalue weighted by molar-refractivity contribution is 7.26. The molecule has 1 fully saturated rings. The van der Waals surface area contributed by atoms with Crippen LogP contribution in [0.3, 0.4) is 0 Å². The molecule has 6 aromatic rings. The lowest BCUT2D eigenvalue weighted by atomic mass is 9.78. The fourth-order valence-electron chi connectivity index (χ4n) is 5.56. The molecule has 1 saturated heterocycles. The van der Waals surface area contributed by atoms with E-state index in [1.165, 1.54) is 31.3 Å². The summed E-state index contributed by atoms with van der Waals surface area (Å²) < 4.78 is 15.2. The van der Waals surface area contributed by atoms with Gasteiger partial charge in [-0.3, -0.25) is 0 Å². The number of hydrogen-bond donors (Lipinski definition) is 0. The molecular formula is C36H32BNO2S. The van der Waals surface area contributed by atoms with E-state index < -0.39 is 0 Å². The van der Waals surface area contributed by atoms with Crippen LogP contribution in [0.25, 0.3) is 31.3 Å². The summed E-state index contributed by atoms with van der Waals surface area (Å²) >= 11 is 1.86. The van der Waals surface area contributed by atoms with Gasteiger partial charge in [-0.25, -0.2) is 0 Å².